The Hall–Kier alpha value is -8.26. The van der Waals surface area contributed by atoms with Gasteiger partial charge in [-0.2, -0.15) is 0 Å². The van der Waals surface area contributed by atoms with E-state index in [9.17, 15) is 0 Å². The van der Waals surface area contributed by atoms with Crippen LogP contribution < -0.4 is 4.90 Å². The molecule has 0 aromatic heterocycles. The molecule has 1 spiro atoms. The molecule has 0 heterocycles. The molecular weight excluding hydrogens is 771 g/mol. The maximum absolute atomic E-state index is 2.55. The summed E-state index contributed by atoms with van der Waals surface area (Å²) in [6.07, 6.45) is 0. The lowest BCUT2D eigenvalue weighted by Crippen LogP contribution is -2.26. The van der Waals surface area contributed by atoms with Crippen LogP contribution >= 0.6 is 0 Å². The SMILES string of the molecule is c1ccc(-c2ccccc2-c2ccc(N(c3ccc4c(c3)C3(c5ccccc5-c5ccccc53)c3ccccc3-4)c3c(-c4ccccc4)c4ccccc4c4ccccc34)cc2)cc1. The molecule has 0 saturated carbocycles. The number of rotatable bonds is 6. The number of nitrogens with zero attached hydrogens (tertiary/aromatic N) is 1. The topological polar surface area (TPSA) is 3.24 Å². The minimum absolute atomic E-state index is 0.473. The van der Waals surface area contributed by atoms with Crippen molar-refractivity contribution >= 4 is 38.6 Å². The van der Waals surface area contributed by atoms with Crippen molar-refractivity contribution in [3.8, 4) is 55.6 Å². The number of fused-ring (bicyclic) bond motifs is 13. The second-order valence-corrected chi connectivity index (χ2v) is 17.1. The molecule has 1 heteroatoms. The molecule has 0 aliphatic heterocycles. The van der Waals surface area contributed by atoms with E-state index in [0.717, 1.165) is 17.1 Å². The summed E-state index contributed by atoms with van der Waals surface area (Å²) < 4.78 is 0. The van der Waals surface area contributed by atoms with Crippen LogP contribution in [0.15, 0.2) is 249 Å². The van der Waals surface area contributed by atoms with E-state index < -0.39 is 5.41 Å². The second kappa shape index (κ2) is 14.4. The van der Waals surface area contributed by atoms with E-state index in [-0.39, 0.29) is 0 Å². The average Bonchev–Trinajstić information content (AvgIpc) is 3.84. The van der Waals surface area contributed by atoms with Crippen LogP contribution in [0, 0.1) is 0 Å². The predicted molar refractivity (Wildman–Crippen MR) is 269 cm³/mol. The highest BCUT2D eigenvalue weighted by Gasteiger charge is 2.51. The van der Waals surface area contributed by atoms with Crippen molar-refractivity contribution in [2.45, 2.75) is 5.41 Å². The van der Waals surface area contributed by atoms with Crippen LogP contribution in [0.25, 0.3) is 77.2 Å². The van der Waals surface area contributed by atoms with Crippen molar-refractivity contribution < 1.29 is 0 Å². The quantitative estimate of drug-likeness (QED) is 0.151. The minimum atomic E-state index is -0.473. The molecule has 0 bridgehead atoms. The van der Waals surface area contributed by atoms with E-state index >= 15 is 0 Å². The summed E-state index contributed by atoms with van der Waals surface area (Å²) in [5.74, 6) is 0. The Bertz CT molecular complexity index is 3540. The first-order valence-corrected chi connectivity index (χ1v) is 22.3. The highest BCUT2D eigenvalue weighted by Crippen LogP contribution is 2.63. The molecule has 11 aromatic carbocycles. The van der Waals surface area contributed by atoms with Gasteiger partial charge in [0.2, 0.25) is 0 Å². The Morgan fingerprint density at radius 1 is 0.250 bits per heavy atom. The van der Waals surface area contributed by atoms with Crippen molar-refractivity contribution in [3.05, 3.63) is 271 Å². The summed E-state index contributed by atoms with van der Waals surface area (Å²) in [5.41, 5.74) is 20.6. The molecule has 0 atom stereocenters. The molecule has 298 valence electrons. The summed E-state index contributed by atoms with van der Waals surface area (Å²) >= 11 is 0. The van der Waals surface area contributed by atoms with Gasteiger partial charge in [0.1, 0.15) is 0 Å². The fraction of sp³-hybridized carbons (Fsp3) is 0.0159. The molecule has 0 saturated heterocycles. The Kier molecular flexibility index (Phi) is 8.20. The van der Waals surface area contributed by atoms with E-state index in [1.807, 2.05) is 0 Å². The van der Waals surface area contributed by atoms with Crippen LogP contribution in [-0.2, 0) is 5.41 Å². The van der Waals surface area contributed by atoms with E-state index in [4.69, 9.17) is 0 Å². The predicted octanol–water partition coefficient (Wildman–Crippen LogP) is 16.8. The van der Waals surface area contributed by atoms with Crippen LogP contribution in [0.3, 0.4) is 0 Å². The van der Waals surface area contributed by atoms with Crippen molar-refractivity contribution in [2.24, 2.45) is 0 Å². The molecule has 13 rings (SSSR count). The van der Waals surface area contributed by atoms with Gasteiger partial charge in [0.05, 0.1) is 11.1 Å². The second-order valence-electron chi connectivity index (χ2n) is 17.1. The maximum atomic E-state index is 2.55. The summed E-state index contributed by atoms with van der Waals surface area (Å²) in [7, 11) is 0. The smallest absolute Gasteiger partial charge is 0.0726 e. The van der Waals surface area contributed by atoms with Crippen molar-refractivity contribution in [1.29, 1.82) is 0 Å². The average molecular weight is 812 g/mol. The zero-order valence-electron chi connectivity index (χ0n) is 35.1. The number of anilines is 3. The van der Waals surface area contributed by atoms with Gasteiger partial charge >= 0.3 is 0 Å². The molecule has 0 radical (unpaired) electrons. The van der Waals surface area contributed by atoms with Gasteiger partial charge in [-0.3, -0.25) is 0 Å². The largest absolute Gasteiger partial charge is 0.309 e. The van der Waals surface area contributed by atoms with Crippen LogP contribution in [0.4, 0.5) is 17.1 Å². The molecule has 11 aromatic rings. The van der Waals surface area contributed by atoms with E-state index in [1.54, 1.807) is 0 Å². The lowest BCUT2D eigenvalue weighted by atomic mass is 9.70. The van der Waals surface area contributed by atoms with Crippen LogP contribution in [0.2, 0.25) is 0 Å². The zero-order chi connectivity index (χ0) is 42.2. The van der Waals surface area contributed by atoms with Crippen LogP contribution in [0.5, 0.6) is 0 Å². The first kappa shape index (κ1) is 36.4. The lowest BCUT2D eigenvalue weighted by molar-refractivity contribution is 0.793. The van der Waals surface area contributed by atoms with Gasteiger partial charge in [-0.15, -0.1) is 0 Å². The molecule has 2 aliphatic carbocycles. The summed E-state index contributed by atoms with van der Waals surface area (Å²) in [4.78, 5) is 2.55. The Morgan fingerprint density at radius 2 is 0.641 bits per heavy atom. The molecule has 64 heavy (non-hydrogen) atoms. The van der Waals surface area contributed by atoms with Gasteiger partial charge in [0.25, 0.3) is 0 Å². The van der Waals surface area contributed by atoms with Gasteiger partial charge in [-0.1, -0.05) is 224 Å². The molecule has 2 aliphatic rings. The Labute approximate surface area is 373 Å². The van der Waals surface area contributed by atoms with Gasteiger partial charge in [-0.25, -0.2) is 0 Å². The summed E-state index contributed by atoms with van der Waals surface area (Å²) in [6.45, 7) is 0. The van der Waals surface area contributed by atoms with Crippen molar-refractivity contribution in [3.63, 3.8) is 0 Å². The number of hydrogen-bond donors (Lipinski definition) is 0. The summed E-state index contributed by atoms with van der Waals surface area (Å²) in [5, 5.41) is 4.91. The van der Waals surface area contributed by atoms with E-state index in [2.05, 4.69) is 254 Å². The Balaban J connectivity index is 1.11. The fourth-order valence-electron chi connectivity index (χ4n) is 11.3. The molecule has 0 unspecified atom stereocenters. The zero-order valence-corrected chi connectivity index (χ0v) is 35.1. The van der Waals surface area contributed by atoms with Crippen molar-refractivity contribution in [1.82, 2.24) is 0 Å². The number of benzene rings is 11. The monoisotopic (exact) mass is 811 g/mol. The van der Waals surface area contributed by atoms with Gasteiger partial charge < -0.3 is 4.90 Å². The van der Waals surface area contributed by atoms with Gasteiger partial charge in [0.15, 0.2) is 0 Å². The minimum Gasteiger partial charge on any atom is -0.309 e. The standard InChI is InChI=1S/C63H41N/c1-3-19-42(20-4-1)47-23-7-8-24-48(47)43-35-37-45(38-36-43)64(62-56-31-12-10-26-50(56)49-25-9-11-30-55(49)61(62)44-21-5-2-6-22-44)46-39-40-54-53-29-15-18-34-59(53)63(60(54)41-46)57-32-16-13-27-51(57)52-28-14-17-33-58(52)63/h1-41H. The van der Waals surface area contributed by atoms with Crippen molar-refractivity contribution in [2.75, 3.05) is 4.90 Å². The number of hydrogen-bond acceptors (Lipinski definition) is 1. The first-order chi connectivity index (χ1) is 31.8. The molecule has 1 nitrogen and oxygen atoms in total. The highest BCUT2D eigenvalue weighted by molar-refractivity contribution is 6.22. The highest BCUT2D eigenvalue weighted by atomic mass is 15.1. The fourth-order valence-corrected chi connectivity index (χ4v) is 11.3. The molecular formula is C63H41N. The third kappa shape index (κ3) is 5.25. The van der Waals surface area contributed by atoms with Gasteiger partial charge in [0, 0.05) is 22.3 Å². The van der Waals surface area contributed by atoms with E-state index in [1.165, 1.54) is 99.4 Å². The third-order valence-electron chi connectivity index (χ3n) is 13.9. The molecule has 0 fully saturated rings. The molecule has 0 N–H and O–H groups in total. The first-order valence-electron chi connectivity index (χ1n) is 22.3. The van der Waals surface area contributed by atoms with Gasteiger partial charge in [-0.05, 0) is 113 Å². The Morgan fingerprint density at radius 3 is 1.20 bits per heavy atom. The van der Waals surface area contributed by atoms with Crippen LogP contribution in [0.1, 0.15) is 22.3 Å². The molecule has 0 amide bonds. The summed E-state index contributed by atoms with van der Waals surface area (Å²) in [6, 6.07) is 92.2. The van der Waals surface area contributed by atoms with E-state index in [0.29, 0.717) is 0 Å². The maximum Gasteiger partial charge on any atom is 0.0726 e. The normalized spacial score (nSPS) is 12.8. The third-order valence-corrected chi connectivity index (χ3v) is 13.9. The van der Waals surface area contributed by atoms with Crippen LogP contribution in [-0.4, -0.2) is 0 Å². The lowest BCUT2D eigenvalue weighted by Gasteiger charge is -2.33.